The summed E-state index contributed by atoms with van der Waals surface area (Å²) in [5.41, 5.74) is 3.79. The molecule has 2 aromatic carbocycles. The van der Waals surface area contributed by atoms with Gasteiger partial charge in [0.1, 0.15) is 0 Å². The van der Waals surface area contributed by atoms with Gasteiger partial charge in [0.2, 0.25) is 5.56 Å². The molecule has 0 spiro atoms. The minimum Gasteiger partial charge on any atom is -0.465 e. The Morgan fingerprint density at radius 3 is 2.23 bits per heavy atom. The summed E-state index contributed by atoms with van der Waals surface area (Å²) in [7, 11) is 1.28. The average Bonchev–Trinajstić information content (AvgIpc) is 2.79. The molecule has 3 aromatic rings. The smallest absolute Gasteiger partial charge is 0.338 e. The summed E-state index contributed by atoms with van der Waals surface area (Å²) in [6.07, 6.45) is 0.696. The number of ether oxygens (including phenoxy) is 1. The van der Waals surface area contributed by atoms with Crippen LogP contribution in [0.5, 0.6) is 0 Å². The lowest BCUT2D eigenvalue weighted by Crippen LogP contribution is -2.18. The number of nitrogens with one attached hydrogen (secondary N) is 1. The molecule has 6 heteroatoms. The highest BCUT2D eigenvalue weighted by Gasteiger charge is 2.21. The van der Waals surface area contributed by atoms with Gasteiger partial charge >= 0.3 is 5.97 Å². The second-order valence-electron chi connectivity index (χ2n) is 6.61. The second-order valence-corrected chi connectivity index (χ2v) is 6.61. The minimum atomic E-state index is -0.606. The van der Waals surface area contributed by atoms with E-state index >= 15 is 0 Å². The average molecular weight is 401 g/mol. The Bertz CT molecular complexity index is 1150. The number of pyridine rings is 1. The number of aromatic nitrogens is 1. The van der Waals surface area contributed by atoms with Gasteiger partial charge in [-0.05, 0) is 24.5 Å². The number of rotatable bonds is 6. The van der Waals surface area contributed by atoms with Crippen molar-refractivity contribution in [2.75, 3.05) is 7.11 Å². The van der Waals surface area contributed by atoms with Crippen molar-refractivity contribution in [3.63, 3.8) is 0 Å². The van der Waals surface area contributed by atoms with Crippen molar-refractivity contribution in [3.05, 3.63) is 93.8 Å². The maximum atomic E-state index is 12.4. The van der Waals surface area contributed by atoms with Crippen molar-refractivity contribution >= 4 is 17.4 Å². The summed E-state index contributed by atoms with van der Waals surface area (Å²) < 4.78 is 4.91. The van der Waals surface area contributed by atoms with Crippen LogP contribution in [-0.4, -0.2) is 29.5 Å². The van der Waals surface area contributed by atoms with E-state index in [1.165, 1.54) is 13.2 Å². The maximum Gasteiger partial charge on any atom is 0.338 e. The van der Waals surface area contributed by atoms with Crippen molar-refractivity contribution in [2.45, 2.75) is 20.3 Å². The van der Waals surface area contributed by atoms with Crippen molar-refractivity contribution in [1.29, 1.82) is 0 Å². The highest BCUT2D eigenvalue weighted by atomic mass is 16.5. The third-order valence-corrected chi connectivity index (χ3v) is 4.64. The summed E-state index contributed by atoms with van der Waals surface area (Å²) in [4.78, 5) is 27.5. The predicted molar refractivity (Wildman–Crippen MR) is 119 cm³/mol. The monoisotopic (exact) mass is 401 g/mol. The highest BCUT2D eigenvalue weighted by Crippen LogP contribution is 2.24. The number of hydrogen-bond acceptors (Lipinski definition) is 5. The molecule has 0 aliphatic rings. The van der Waals surface area contributed by atoms with Gasteiger partial charge in [0, 0.05) is 11.6 Å². The van der Waals surface area contributed by atoms with Gasteiger partial charge in [-0.1, -0.05) is 67.6 Å². The van der Waals surface area contributed by atoms with Gasteiger partial charge < -0.3 is 9.72 Å². The molecule has 152 valence electrons. The van der Waals surface area contributed by atoms with E-state index in [0.29, 0.717) is 23.4 Å². The van der Waals surface area contributed by atoms with Crippen LogP contribution < -0.4 is 5.56 Å². The maximum absolute atomic E-state index is 12.4. The molecule has 0 saturated heterocycles. The van der Waals surface area contributed by atoms with Gasteiger partial charge in [-0.25, -0.2) is 4.79 Å². The lowest BCUT2D eigenvalue weighted by molar-refractivity contribution is 0.0600. The lowest BCUT2D eigenvalue weighted by atomic mass is 9.97. The Labute approximate surface area is 175 Å². The Morgan fingerprint density at radius 1 is 1.00 bits per heavy atom. The summed E-state index contributed by atoms with van der Waals surface area (Å²) in [5, 5.41) is 8.84. The molecule has 30 heavy (non-hydrogen) atoms. The van der Waals surface area contributed by atoms with Crippen LogP contribution in [0, 0.1) is 0 Å². The summed E-state index contributed by atoms with van der Waals surface area (Å²) in [6.45, 7) is 3.76. The van der Waals surface area contributed by atoms with E-state index in [1.54, 1.807) is 6.92 Å². The number of benzene rings is 2. The number of carbonyl (C=O) groups is 1. The van der Waals surface area contributed by atoms with Crippen molar-refractivity contribution < 1.29 is 9.53 Å². The molecule has 1 N–H and O–H groups in total. The molecule has 0 fully saturated rings. The van der Waals surface area contributed by atoms with Gasteiger partial charge in [0.15, 0.2) is 0 Å². The van der Waals surface area contributed by atoms with Crippen LogP contribution in [0.15, 0.2) is 81.7 Å². The quantitative estimate of drug-likeness (QED) is 0.376. The zero-order valence-electron chi connectivity index (χ0n) is 17.2. The van der Waals surface area contributed by atoms with E-state index in [0.717, 1.165) is 16.8 Å². The van der Waals surface area contributed by atoms with E-state index in [-0.39, 0.29) is 5.56 Å². The number of nitrogens with zero attached hydrogens (tertiary/aromatic N) is 2. The molecule has 3 rings (SSSR count). The fraction of sp³-hybridized carbons (Fsp3) is 0.167. The fourth-order valence-corrected chi connectivity index (χ4v) is 3.18. The Hall–Kier alpha value is -3.80. The van der Waals surface area contributed by atoms with E-state index in [1.807, 2.05) is 67.6 Å². The zero-order chi connectivity index (χ0) is 21.5. The molecule has 0 aliphatic heterocycles. The standard InChI is InChI=1S/C24H23N3O3/c1-4-20(17-11-7-5-8-12-17)27-26-16(2)22-19(24(29)30-3)15-21(28)25-23(22)18-13-9-6-10-14-18/h5-15H,4H2,1-3H3,(H,25,28)/b26-16+,27-20-. The first-order valence-electron chi connectivity index (χ1n) is 9.63. The second kappa shape index (κ2) is 9.60. The van der Waals surface area contributed by atoms with Gasteiger partial charge in [-0.3, -0.25) is 4.79 Å². The third kappa shape index (κ3) is 4.60. The molecule has 1 aromatic heterocycles. The number of aromatic amines is 1. The molecule has 0 amide bonds. The first kappa shape index (κ1) is 20.9. The molecular formula is C24H23N3O3. The van der Waals surface area contributed by atoms with E-state index in [9.17, 15) is 9.59 Å². The molecular weight excluding hydrogens is 378 g/mol. The van der Waals surface area contributed by atoms with Crippen molar-refractivity contribution in [3.8, 4) is 11.3 Å². The summed E-state index contributed by atoms with van der Waals surface area (Å²) in [6, 6.07) is 20.3. The van der Waals surface area contributed by atoms with Crippen LogP contribution in [0.25, 0.3) is 11.3 Å². The van der Waals surface area contributed by atoms with Crippen LogP contribution in [0.4, 0.5) is 0 Å². The van der Waals surface area contributed by atoms with Crippen LogP contribution >= 0.6 is 0 Å². The third-order valence-electron chi connectivity index (χ3n) is 4.64. The predicted octanol–water partition coefficient (Wildman–Crippen LogP) is 4.45. The van der Waals surface area contributed by atoms with E-state index in [4.69, 9.17) is 4.74 Å². The molecule has 0 atom stereocenters. The molecule has 6 nitrogen and oxygen atoms in total. The molecule has 0 unspecified atom stereocenters. The molecule has 0 aliphatic carbocycles. The summed E-state index contributed by atoms with van der Waals surface area (Å²) >= 11 is 0. The highest BCUT2D eigenvalue weighted by molar-refractivity contribution is 6.12. The van der Waals surface area contributed by atoms with Crippen LogP contribution in [0.2, 0.25) is 0 Å². The number of H-pyrrole nitrogens is 1. The van der Waals surface area contributed by atoms with Gasteiger partial charge in [-0.2, -0.15) is 10.2 Å². The van der Waals surface area contributed by atoms with Crippen molar-refractivity contribution in [2.24, 2.45) is 10.2 Å². The van der Waals surface area contributed by atoms with Crippen LogP contribution in [0.3, 0.4) is 0 Å². The lowest BCUT2D eigenvalue weighted by Gasteiger charge is -2.13. The first-order valence-corrected chi connectivity index (χ1v) is 9.63. The van der Waals surface area contributed by atoms with Crippen molar-refractivity contribution in [1.82, 2.24) is 4.98 Å². The fourth-order valence-electron chi connectivity index (χ4n) is 3.18. The van der Waals surface area contributed by atoms with Gasteiger partial charge in [-0.15, -0.1) is 0 Å². The topological polar surface area (TPSA) is 83.9 Å². The molecule has 1 heterocycles. The normalized spacial score (nSPS) is 12.0. The Kier molecular flexibility index (Phi) is 6.70. The summed E-state index contributed by atoms with van der Waals surface area (Å²) in [5.74, 6) is -0.606. The molecule has 0 saturated carbocycles. The van der Waals surface area contributed by atoms with Gasteiger partial charge in [0.05, 0.1) is 29.8 Å². The van der Waals surface area contributed by atoms with Gasteiger partial charge in [0.25, 0.3) is 0 Å². The molecule has 0 bridgehead atoms. The number of methoxy groups -OCH3 is 1. The number of carbonyl (C=O) groups excluding carboxylic acids is 1. The zero-order valence-corrected chi connectivity index (χ0v) is 17.2. The Balaban J connectivity index is 2.20. The van der Waals surface area contributed by atoms with E-state index in [2.05, 4.69) is 15.2 Å². The first-order chi connectivity index (χ1) is 14.5. The minimum absolute atomic E-state index is 0.148. The SMILES string of the molecule is CC/C(=N/N=C(\C)c1c(C(=O)OC)cc(=O)[nH]c1-c1ccccc1)c1ccccc1. The largest absolute Gasteiger partial charge is 0.465 e. The number of esters is 1. The Morgan fingerprint density at radius 2 is 1.63 bits per heavy atom. The van der Waals surface area contributed by atoms with Crippen LogP contribution in [0.1, 0.15) is 41.8 Å². The number of hydrogen-bond donors (Lipinski definition) is 1. The molecule has 0 radical (unpaired) electrons. The van der Waals surface area contributed by atoms with Crippen LogP contribution in [-0.2, 0) is 4.74 Å². The van der Waals surface area contributed by atoms with E-state index < -0.39 is 11.5 Å².